The van der Waals surface area contributed by atoms with Crippen molar-refractivity contribution in [1.29, 1.82) is 0 Å². The Bertz CT molecular complexity index is 1140. The van der Waals surface area contributed by atoms with E-state index >= 15 is 0 Å². The molecule has 7 nitrogen and oxygen atoms in total. The number of piperidine rings is 1. The second-order valence-corrected chi connectivity index (χ2v) is 7.29. The number of carbonyl (C=O) groups excluding carboxylic acids is 1. The topological polar surface area (TPSA) is 87.2 Å². The number of H-pyrrole nitrogens is 1. The smallest absolute Gasteiger partial charge is 0.328 e. The van der Waals surface area contributed by atoms with Gasteiger partial charge >= 0.3 is 5.69 Å². The molecule has 2 N–H and O–H groups in total. The zero-order valence-electron chi connectivity index (χ0n) is 16.2. The molecule has 0 bridgehead atoms. The van der Waals surface area contributed by atoms with E-state index in [2.05, 4.69) is 15.2 Å². The number of rotatable bonds is 5. The Morgan fingerprint density at radius 2 is 1.69 bits per heavy atom. The predicted molar refractivity (Wildman–Crippen MR) is 115 cm³/mol. The summed E-state index contributed by atoms with van der Waals surface area (Å²) in [6.45, 7) is 2.17. The molecule has 1 aromatic heterocycles. The van der Waals surface area contributed by atoms with Crippen molar-refractivity contribution >= 4 is 28.2 Å². The minimum absolute atomic E-state index is 0.129. The third-order valence-corrected chi connectivity index (χ3v) is 5.34. The molecular weight excluding hydrogens is 368 g/mol. The summed E-state index contributed by atoms with van der Waals surface area (Å²) in [6.07, 6.45) is 3.69. The summed E-state index contributed by atoms with van der Waals surface area (Å²) < 4.78 is 1.44. The summed E-state index contributed by atoms with van der Waals surface area (Å²) in [5, 5.41) is 3.42. The molecule has 1 amide bonds. The number of fused-ring (bicyclic) bond motifs is 1. The lowest BCUT2D eigenvalue weighted by molar-refractivity contribution is -0.116. The van der Waals surface area contributed by atoms with Crippen LogP contribution in [0, 0.1) is 0 Å². The fraction of sp³-hybridized carbons (Fsp3) is 0.318. The molecule has 0 saturated carbocycles. The Morgan fingerprint density at radius 3 is 2.52 bits per heavy atom. The van der Waals surface area contributed by atoms with Crippen LogP contribution < -0.4 is 21.5 Å². The molecule has 0 spiro atoms. The van der Waals surface area contributed by atoms with E-state index in [1.54, 1.807) is 24.3 Å². The fourth-order valence-corrected chi connectivity index (χ4v) is 3.88. The molecule has 29 heavy (non-hydrogen) atoms. The molecule has 0 unspecified atom stereocenters. The van der Waals surface area contributed by atoms with Crippen LogP contribution in [0.15, 0.2) is 58.1 Å². The van der Waals surface area contributed by atoms with E-state index in [4.69, 9.17) is 0 Å². The molecule has 7 heteroatoms. The van der Waals surface area contributed by atoms with E-state index in [-0.39, 0.29) is 18.9 Å². The van der Waals surface area contributed by atoms with Gasteiger partial charge in [-0.15, -0.1) is 0 Å². The Labute approximate surface area is 168 Å². The number of hydrogen-bond acceptors (Lipinski definition) is 4. The van der Waals surface area contributed by atoms with Crippen LogP contribution in [0.3, 0.4) is 0 Å². The van der Waals surface area contributed by atoms with Crippen molar-refractivity contribution in [2.45, 2.75) is 32.2 Å². The molecule has 1 aliphatic heterocycles. The van der Waals surface area contributed by atoms with Gasteiger partial charge in [0.05, 0.1) is 22.3 Å². The van der Waals surface area contributed by atoms with Gasteiger partial charge in [0.15, 0.2) is 0 Å². The van der Waals surface area contributed by atoms with Crippen molar-refractivity contribution in [3.63, 3.8) is 0 Å². The minimum atomic E-state index is -0.504. The number of aromatic amines is 1. The Kier molecular flexibility index (Phi) is 5.46. The van der Waals surface area contributed by atoms with Crippen molar-refractivity contribution < 1.29 is 4.79 Å². The average molecular weight is 392 g/mol. The normalized spacial score (nSPS) is 14.1. The summed E-state index contributed by atoms with van der Waals surface area (Å²) in [5.41, 5.74) is 1.44. The quantitative estimate of drug-likeness (QED) is 0.699. The van der Waals surface area contributed by atoms with E-state index in [0.29, 0.717) is 10.9 Å². The lowest BCUT2D eigenvalue weighted by atomic mass is 10.1. The minimum Gasteiger partial charge on any atom is -0.370 e. The first kappa shape index (κ1) is 19.0. The third kappa shape index (κ3) is 4.08. The number of aryl methyl sites for hydroxylation is 1. The Morgan fingerprint density at radius 1 is 0.966 bits per heavy atom. The predicted octanol–water partition coefficient (Wildman–Crippen LogP) is 2.71. The highest BCUT2D eigenvalue weighted by atomic mass is 16.2. The number of amides is 1. The molecule has 1 aliphatic rings. The Hall–Kier alpha value is -3.35. The first-order chi connectivity index (χ1) is 14.1. The number of nitrogens with zero attached hydrogens (tertiary/aromatic N) is 2. The van der Waals surface area contributed by atoms with Gasteiger partial charge in [-0.25, -0.2) is 4.79 Å². The van der Waals surface area contributed by atoms with Crippen LogP contribution in [0.2, 0.25) is 0 Å². The maximum Gasteiger partial charge on any atom is 0.328 e. The highest BCUT2D eigenvalue weighted by molar-refractivity contribution is 5.94. The zero-order valence-corrected chi connectivity index (χ0v) is 16.2. The number of carbonyl (C=O) groups is 1. The van der Waals surface area contributed by atoms with Gasteiger partial charge in [-0.1, -0.05) is 24.3 Å². The van der Waals surface area contributed by atoms with Crippen molar-refractivity contribution in [3.8, 4) is 0 Å². The van der Waals surface area contributed by atoms with E-state index < -0.39 is 11.2 Å². The molecule has 2 aromatic carbocycles. The summed E-state index contributed by atoms with van der Waals surface area (Å²) in [6, 6.07) is 14.7. The molecule has 1 fully saturated rings. The maximum atomic E-state index is 12.6. The first-order valence-corrected chi connectivity index (χ1v) is 9.99. The van der Waals surface area contributed by atoms with Crippen LogP contribution in [-0.2, 0) is 11.3 Å². The lowest BCUT2D eigenvalue weighted by Crippen LogP contribution is -2.32. The summed E-state index contributed by atoms with van der Waals surface area (Å²) in [5.74, 6) is -0.170. The molecule has 3 aromatic rings. The standard InChI is InChI=1S/C22H24N4O3/c27-20(23-17-9-3-5-11-19(17)25-13-6-1-7-14-25)12-15-26-18-10-4-2-8-16(18)21(28)24-22(26)29/h2-5,8-11H,1,6-7,12-15H2,(H,23,27)(H,24,28,29). The number of hydrogen-bond donors (Lipinski definition) is 2. The van der Waals surface area contributed by atoms with Gasteiger partial charge in [0.1, 0.15) is 0 Å². The van der Waals surface area contributed by atoms with Crippen molar-refractivity contribution in [2.24, 2.45) is 0 Å². The second kappa shape index (κ2) is 8.34. The third-order valence-electron chi connectivity index (χ3n) is 5.34. The number of benzene rings is 2. The van der Waals surface area contributed by atoms with Gasteiger partial charge in [-0.2, -0.15) is 0 Å². The van der Waals surface area contributed by atoms with Crippen molar-refractivity contribution in [2.75, 3.05) is 23.3 Å². The van der Waals surface area contributed by atoms with Crippen molar-refractivity contribution in [1.82, 2.24) is 9.55 Å². The van der Waals surface area contributed by atoms with Crippen LogP contribution in [0.4, 0.5) is 11.4 Å². The number of nitrogens with one attached hydrogen (secondary N) is 2. The van der Waals surface area contributed by atoms with Crippen LogP contribution in [0.1, 0.15) is 25.7 Å². The monoisotopic (exact) mass is 392 g/mol. The van der Waals surface area contributed by atoms with Crippen LogP contribution in [0.25, 0.3) is 10.9 Å². The van der Waals surface area contributed by atoms with Gasteiger partial charge in [-0.05, 0) is 43.5 Å². The van der Waals surface area contributed by atoms with Gasteiger partial charge in [0, 0.05) is 26.1 Å². The number of para-hydroxylation sites is 3. The van der Waals surface area contributed by atoms with Crippen LogP contribution in [0.5, 0.6) is 0 Å². The number of aromatic nitrogens is 2. The van der Waals surface area contributed by atoms with E-state index in [1.165, 1.54) is 11.0 Å². The highest BCUT2D eigenvalue weighted by Crippen LogP contribution is 2.28. The largest absolute Gasteiger partial charge is 0.370 e. The molecule has 2 heterocycles. The molecule has 4 rings (SSSR count). The van der Waals surface area contributed by atoms with Gasteiger partial charge in [0.2, 0.25) is 5.91 Å². The van der Waals surface area contributed by atoms with Crippen molar-refractivity contribution in [3.05, 3.63) is 69.4 Å². The van der Waals surface area contributed by atoms with Crippen LogP contribution in [-0.4, -0.2) is 28.5 Å². The zero-order chi connectivity index (χ0) is 20.2. The summed E-state index contributed by atoms with van der Waals surface area (Å²) >= 11 is 0. The van der Waals surface area contributed by atoms with E-state index in [1.807, 2.05) is 24.3 Å². The fourth-order valence-electron chi connectivity index (χ4n) is 3.88. The first-order valence-electron chi connectivity index (χ1n) is 9.99. The summed E-state index contributed by atoms with van der Waals surface area (Å²) in [7, 11) is 0. The molecule has 1 saturated heterocycles. The molecule has 150 valence electrons. The lowest BCUT2D eigenvalue weighted by Gasteiger charge is -2.30. The second-order valence-electron chi connectivity index (χ2n) is 7.29. The average Bonchev–Trinajstić information content (AvgIpc) is 2.74. The molecule has 0 radical (unpaired) electrons. The van der Waals surface area contributed by atoms with E-state index in [9.17, 15) is 14.4 Å². The van der Waals surface area contributed by atoms with E-state index in [0.717, 1.165) is 37.3 Å². The molecule has 0 atom stereocenters. The maximum absolute atomic E-state index is 12.6. The Balaban J connectivity index is 1.50. The van der Waals surface area contributed by atoms with Gasteiger partial charge < -0.3 is 10.2 Å². The van der Waals surface area contributed by atoms with Crippen LogP contribution >= 0.6 is 0 Å². The van der Waals surface area contributed by atoms with Gasteiger partial charge in [-0.3, -0.25) is 19.1 Å². The summed E-state index contributed by atoms with van der Waals surface area (Å²) in [4.78, 5) is 41.5. The molecular formula is C22H24N4O3. The molecule has 0 aliphatic carbocycles. The SMILES string of the molecule is O=C(CCn1c(=O)[nH]c(=O)c2ccccc21)Nc1ccccc1N1CCCCC1. The van der Waals surface area contributed by atoms with Gasteiger partial charge in [0.25, 0.3) is 5.56 Å². The number of anilines is 2. The highest BCUT2D eigenvalue weighted by Gasteiger charge is 2.16.